The lowest BCUT2D eigenvalue weighted by atomic mass is 9.94. The minimum absolute atomic E-state index is 0.583. The zero-order valence-electron chi connectivity index (χ0n) is 12.0. The van der Waals surface area contributed by atoms with Crippen LogP contribution in [0, 0.1) is 5.92 Å². The average molecular weight is 249 g/mol. The van der Waals surface area contributed by atoms with Crippen LogP contribution in [0.1, 0.15) is 64.1 Å². The molecule has 0 saturated carbocycles. The van der Waals surface area contributed by atoms with E-state index in [9.17, 15) is 0 Å². The molecule has 0 aliphatic carbocycles. The summed E-state index contributed by atoms with van der Waals surface area (Å²) in [5, 5.41) is 3.44. The zero-order chi connectivity index (χ0) is 13.0. The fourth-order valence-electron chi connectivity index (χ4n) is 2.83. The van der Waals surface area contributed by atoms with E-state index < -0.39 is 0 Å². The molecule has 1 N–H and O–H groups in total. The highest BCUT2D eigenvalue weighted by atomic mass is 15.1. The van der Waals surface area contributed by atoms with Crippen LogP contribution in [-0.2, 0) is 0 Å². The molecular formula is C15H27N3. The van der Waals surface area contributed by atoms with Crippen LogP contribution < -0.4 is 5.32 Å². The standard InChI is InChI=1S/C15H27N3/c1-12(2)4-5-13(3)18-11-17-10-15(18)14-6-8-16-9-7-14/h10-14,16H,4-9H2,1-3H3. The lowest BCUT2D eigenvalue weighted by Crippen LogP contribution is -2.28. The van der Waals surface area contributed by atoms with Crippen molar-refractivity contribution in [1.29, 1.82) is 0 Å². The second kappa shape index (κ2) is 6.37. The Morgan fingerprint density at radius 1 is 1.28 bits per heavy atom. The minimum atomic E-state index is 0.583. The van der Waals surface area contributed by atoms with Crippen LogP contribution in [0.4, 0.5) is 0 Å². The van der Waals surface area contributed by atoms with Gasteiger partial charge in [0.2, 0.25) is 0 Å². The minimum Gasteiger partial charge on any atom is -0.332 e. The summed E-state index contributed by atoms with van der Waals surface area (Å²) in [5.74, 6) is 1.49. The van der Waals surface area contributed by atoms with E-state index in [2.05, 4.69) is 41.8 Å². The second-order valence-corrected chi connectivity index (χ2v) is 6.07. The third-order valence-corrected chi connectivity index (χ3v) is 4.09. The van der Waals surface area contributed by atoms with Crippen molar-refractivity contribution in [3.63, 3.8) is 0 Å². The fraction of sp³-hybridized carbons (Fsp3) is 0.800. The van der Waals surface area contributed by atoms with Gasteiger partial charge in [-0.3, -0.25) is 0 Å². The molecule has 1 aliphatic heterocycles. The topological polar surface area (TPSA) is 29.9 Å². The van der Waals surface area contributed by atoms with Crippen LogP contribution in [0.3, 0.4) is 0 Å². The number of nitrogens with one attached hydrogen (secondary N) is 1. The van der Waals surface area contributed by atoms with Gasteiger partial charge in [-0.2, -0.15) is 0 Å². The zero-order valence-corrected chi connectivity index (χ0v) is 12.0. The van der Waals surface area contributed by atoms with Gasteiger partial charge in [0.05, 0.1) is 6.33 Å². The molecule has 1 aromatic heterocycles. The van der Waals surface area contributed by atoms with Crippen molar-refractivity contribution in [3.05, 3.63) is 18.2 Å². The predicted molar refractivity (Wildman–Crippen MR) is 75.9 cm³/mol. The average Bonchev–Trinajstić information content (AvgIpc) is 2.86. The largest absolute Gasteiger partial charge is 0.332 e. The van der Waals surface area contributed by atoms with Crippen molar-refractivity contribution in [3.8, 4) is 0 Å². The summed E-state index contributed by atoms with van der Waals surface area (Å²) in [7, 11) is 0. The maximum atomic E-state index is 4.39. The van der Waals surface area contributed by atoms with Gasteiger partial charge in [-0.05, 0) is 51.6 Å². The maximum absolute atomic E-state index is 4.39. The molecule has 0 aromatic carbocycles. The second-order valence-electron chi connectivity index (χ2n) is 6.07. The Kier molecular flexibility index (Phi) is 4.81. The molecule has 3 nitrogen and oxygen atoms in total. The van der Waals surface area contributed by atoms with Crippen molar-refractivity contribution in [2.24, 2.45) is 5.92 Å². The highest BCUT2D eigenvalue weighted by molar-refractivity contribution is 5.09. The van der Waals surface area contributed by atoms with Gasteiger partial charge in [0.15, 0.2) is 0 Å². The van der Waals surface area contributed by atoms with Gasteiger partial charge >= 0.3 is 0 Å². The molecular weight excluding hydrogens is 222 g/mol. The van der Waals surface area contributed by atoms with Crippen LogP contribution in [-0.4, -0.2) is 22.6 Å². The van der Waals surface area contributed by atoms with Crippen LogP contribution in [0.5, 0.6) is 0 Å². The third kappa shape index (κ3) is 3.35. The Morgan fingerprint density at radius 3 is 2.67 bits per heavy atom. The van der Waals surface area contributed by atoms with E-state index in [0.29, 0.717) is 12.0 Å². The van der Waals surface area contributed by atoms with Gasteiger partial charge < -0.3 is 9.88 Å². The smallest absolute Gasteiger partial charge is 0.0950 e. The highest BCUT2D eigenvalue weighted by Crippen LogP contribution is 2.28. The first-order valence-electron chi connectivity index (χ1n) is 7.41. The predicted octanol–water partition coefficient (Wildman–Crippen LogP) is 3.35. The maximum Gasteiger partial charge on any atom is 0.0950 e. The summed E-state index contributed by atoms with van der Waals surface area (Å²) in [4.78, 5) is 4.39. The number of piperidine rings is 1. The normalized spacial score (nSPS) is 19.3. The summed E-state index contributed by atoms with van der Waals surface area (Å²) in [5.41, 5.74) is 1.45. The van der Waals surface area contributed by atoms with Gasteiger partial charge in [0, 0.05) is 23.9 Å². The Hall–Kier alpha value is -0.830. The Balaban J connectivity index is 2.01. The lowest BCUT2D eigenvalue weighted by Gasteiger charge is -2.26. The molecule has 102 valence electrons. The SMILES string of the molecule is CC(C)CCC(C)n1cncc1C1CCNCC1. The van der Waals surface area contributed by atoms with Crippen LogP contribution in [0.2, 0.25) is 0 Å². The molecule has 0 bridgehead atoms. The van der Waals surface area contributed by atoms with E-state index in [1.165, 1.54) is 31.4 Å². The van der Waals surface area contributed by atoms with E-state index >= 15 is 0 Å². The first kappa shape index (κ1) is 13.6. The number of hydrogen-bond donors (Lipinski definition) is 1. The van der Waals surface area contributed by atoms with E-state index in [4.69, 9.17) is 0 Å². The quantitative estimate of drug-likeness (QED) is 0.867. The molecule has 0 radical (unpaired) electrons. The summed E-state index contributed by atoms with van der Waals surface area (Å²) < 4.78 is 2.42. The molecule has 2 rings (SSSR count). The molecule has 1 aliphatic rings. The van der Waals surface area contributed by atoms with Gasteiger partial charge in [-0.1, -0.05) is 13.8 Å². The van der Waals surface area contributed by atoms with Crippen molar-refractivity contribution in [1.82, 2.24) is 14.9 Å². The first-order valence-corrected chi connectivity index (χ1v) is 7.41. The van der Waals surface area contributed by atoms with Crippen molar-refractivity contribution in [2.45, 2.75) is 58.4 Å². The van der Waals surface area contributed by atoms with E-state index in [1.54, 1.807) is 0 Å². The van der Waals surface area contributed by atoms with Gasteiger partial charge in [0.25, 0.3) is 0 Å². The molecule has 3 heteroatoms. The summed E-state index contributed by atoms with van der Waals surface area (Å²) >= 11 is 0. The van der Waals surface area contributed by atoms with Crippen molar-refractivity contribution >= 4 is 0 Å². The first-order chi connectivity index (χ1) is 8.68. The Labute approximate surface area is 111 Å². The number of imidazole rings is 1. The van der Waals surface area contributed by atoms with Crippen LogP contribution in [0.15, 0.2) is 12.5 Å². The summed E-state index contributed by atoms with van der Waals surface area (Å²) in [6.07, 6.45) is 9.17. The molecule has 18 heavy (non-hydrogen) atoms. The molecule has 2 heterocycles. The third-order valence-electron chi connectivity index (χ3n) is 4.09. The number of aromatic nitrogens is 2. The molecule has 1 saturated heterocycles. The van der Waals surface area contributed by atoms with E-state index in [1.807, 2.05) is 6.33 Å². The van der Waals surface area contributed by atoms with Crippen molar-refractivity contribution < 1.29 is 0 Å². The van der Waals surface area contributed by atoms with Crippen LogP contribution >= 0.6 is 0 Å². The summed E-state index contributed by atoms with van der Waals surface area (Å²) in [6, 6.07) is 0.583. The fourth-order valence-corrected chi connectivity index (χ4v) is 2.83. The lowest BCUT2D eigenvalue weighted by molar-refractivity contribution is 0.396. The summed E-state index contributed by atoms with van der Waals surface area (Å²) in [6.45, 7) is 9.23. The number of rotatable bonds is 5. The van der Waals surface area contributed by atoms with Gasteiger partial charge in [-0.25, -0.2) is 4.98 Å². The van der Waals surface area contributed by atoms with E-state index in [0.717, 1.165) is 19.0 Å². The molecule has 1 fully saturated rings. The monoisotopic (exact) mass is 249 g/mol. The molecule has 1 aromatic rings. The molecule has 0 spiro atoms. The molecule has 0 amide bonds. The Morgan fingerprint density at radius 2 is 2.00 bits per heavy atom. The van der Waals surface area contributed by atoms with Crippen LogP contribution in [0.25, 0.3) is 0 Å². The molecule has 1 unspecified atom stereocenters. The Bertz CT molecular complexity index is 350. The number of hydrogen-bond acceptors (Lipinski definition) is 2. The number of nitrogens with zero attached hydrogens (tertiary/aromatic N) is 2. The highest BCUT2D eigenvalue weighted by Gasteiger charge is 2.20. The van der Waals surface area contributed by atoms with E-state index in [-0.39, 0.29) is 0 Å². The van der Waals surface area contributed by atoms with Crippen molar-refractivity contribution in [2.75, 3.05) is 13.1 Å². The molecule has 1 atom stereocenters. The van der Waals surface area contributed by atoms with Gasteiger partial charge in [-0.15, -0.1) is 0 Å². The van der Waals surface area contributed by atoms with Gasteiger partial charge in [0.1, 0.15) is 0 Å².